The maximum Gasteiger partial charge on any atom is 0.143 e. The Bertz CT molecular complexity index is 825. The predicted octanol–water partition coefficient (Wildman–Crippen LogP) is 2.11. The van der Waals surface area contributed by atoms with Crippen LogP contribution in [-0.2, 0) is 4.79 Å². The molecule has 3 fully saturated rings. The zero-order valence-electron chi connectivity index (χ0n) is 14.3. The summed E-state index contributed by atoms with van der Waals surface area (Å²) in [5, 5.41) is 31.4. The number of Topliss-reactive ketones (excluding diaryl/α,β-unsaturated/α-hetero) is 1. The highest BCUT2D eigenvalue weighted by molar-refractivity contribution is 5.88. The van der Waals surface area contributed by atoms with Gasteiger partial charge < -0.3 is 20.1 Å². The van der Waals surface area contributed by atoms with Crippen LogP contribution in [0.4, 0.5) is 0 Å². The second-order valence-electron chi connectivity index (χ2n) is 8.77. The molecule has 25 heavy (non-hydrogen) atoms. The minimum Gasteiger partial charge on any atom is -0.508 e. The van der Waals surface area contributed by atoms with Crippen molar-refractivity contribution in [3.05, 3.63) is 35.6 Å². The zero-order valence-corrected chi connectivity index (χ0v) is 14.3. The van der Waals surface area contributed by atoms with E-state index in [0.717, 1.165) is 11.1 Å². The van der Waals surface area contributed by atoms with E-state index in [4.69, 9.17) is 4.74 Å². The van der Waals surface area contributed by atoms with Crippen LogP contribution < -0.4 is 4.74 Å². The smallest absolute Gasteiger partial charge is 0.143 e. The molecule has 1 aromatic rings. The van der Waals surface area contributed by atoms with E-state index in [-0.39, 0.29) is 41.1 Å². The molecule has 5 nitrogen and oxygen atoms in total. The summed E-state index contributed by atoms with van der Waals surface area (Å²) in [6, 6.07) is 5.10. The maximum atomic E-state index is 12.8. The molecule has 0 saturated heterocycles. The van der Waals surface area contributed by atoms with E-state index in [0.29, 0.717) is 12.2 Å². The molecule has 6 atom stereocenters. The number of rotatable bonds is 0. The number of ether oxygens (including phenoxy) is 1. The molecule has 0 amide bonds. The predicted molar refractivity (Wildman–Crippen MR) is 89.0 cm³/mol. The summed E-state index contributed by atoms with van der Waals surface area (Å²) in [4.78, 5) is 12.8. The molecule has 5 heteroatoms. The minimum absolute atomic E-state index is 0.00196. The molecule has 1 heterocycles. The molecule has 5 rings (SSSR count). The van der Waals surface area contributed by atoms with E-state index >= 15 is 0 Å². The lowest BCUT2D eigenvalue weighted by Crippen LogP contribution is -2.55. The molecule has 3 unspecified atom stereocenters. The average molecular weight is 342 g/mol. The molecular formula is C20H22O5. The Labute approximate surface area is 145 Å². The Balaban J connectivity index is 1.73. The molecule has 0 aromatic heterocycles. The first-order valence-corrected chi connectivity index (χ1v) is 8.87. The van der Waals surface area contributed by atoms with Crippen LogP contribution in [-0.4, -0.2) is 32.8 Å². The number of hydrogen-bond donors (Lipinski definition) is 3. The van der Waals surface area contributed by atoms with Gasteiger partial charge in [-0.15, -0.1) is 0 Å². The van der Waals surface area contributed by atoms with Gasteiger partial charge in [0.15, 0.2) is 0 Å². The number of fused-ring (bicyclic) bond motifs is 5. The van der Waals surface area contributed by atoms with Gasteiger partial charge in [-0.3, -0.25) is 4.79 Å². The van der Waals surface area contributed by atoms with Crippen LogP contribution in [0, 0.1) is 23.2 Å². The number of benzene rings is 1. The lowest BCUT2D eigenvalue weighted by Gasteiger charge is -2.53. The Kier molecular flexibility index (Phi) is 2.75. The Hall–Kier alpha value is -1.85. The van der Waals surface area contributed by atoms with Crippen molar-refractivity contribution in [1.82, 2.24) is 0 Å². The highest BCUT2D eigenvalue weighted by atomic mass is 16.5. The number of carbonyl (C=O) groups is 1. The number of hydrogen-bond acceptors (Lipinski definition) is 5. The summed E-state index contributed by atoms with van der Waals surface area (Å²) in [6.07, 6.45) is 1.23. The fourth-order valence-corrected chi connectivity index (χ4v) is 6.14. The molecule has 132 valence electrons. The first-order valence-electron chi connectivity index (χ1n) is 8.87. The third kappa shape index (κ3) is 1.73. The van der Waals surface area contributed by atoms with Crippen molar-refractivity contribution in [3.8, 4) is 11.5 Å². The topological polar surface area (TPSA) is 87.0 Å². The Morgan fingerprint density at radius 1 is 1.28 bits per heavy atom. The monoisotopic (exact) mass is 342 g/mol. The van der Waals surface area contributed by atoms with Gasteiger partial charge in [0.05, 0.1) is 18.0 Å². The van der Waals surface area contributed by atoms with Crippen LogP contribution in [0.25, 0.3) is 0 Å². The third-order valence-corrected chi connectivity index (χ3v) is 7.19. The van der Waals surface area contributed by atoms with E-state index in [1.807, 2.05) is 6.07 Å². The molecule has 1 aromatic carbocycles. The van der Waals surface area contributed by atoms with Crippen LogP contribution in [0.2, 0.25) is 0 Å². The van der Waals surface area contributed by atoms with E-state index in [1.165, 1.54) is 0 Å². The highest BCUT2D eigenvalue weighted by Crippen LogP contribution is 2.68. The fourth-order valence-electron chi connectivity index (χ4n) is 6.14. The summed E-state index contributed by atoms with van der Waals surface area (Å²) in [5.74, 6) is 0.112. The average Bonchev–Trinajstić information content (AvgIpc) is 2.73. The van der Waals surface area contributed by atoms with Crippen molar-refractivity contribution in [2.45, 2.75) is 44.3 Å². The van der Waals surface area contributed by atoms with Crippen LogP contribution in [0.5, 0.6) is 11.5 Å². The number of phenols is 1. The molecule has 0 spiro atoms. The van der Waals surface area contributed by atoms with Gasteiger partial charge in [0.25, 0.3) is 0 Å². The molecule has 0 radical (unpaired) electrons. The van der Waals surface area contributed by atoms with Crippen LogP contribution in [0.1, 0.15) is 38.2 Å². The van der Waals surface area contributed by atoms with Crippen molar-refractivity contribution in [2.75, 3.05) is 0 Å². The van der Waals surface area contributed by atoms with E-state index in [1.54, 1.807) is 18.4 Å². The van der Waals surface area contributed by atoms with Gasteiger partial charge in [-0.25, -0.2) is 0 Å². The van der Waals surface area contributed by atoms with Gasteiger partial charge in [-0.05, 0) is 29.4 Å². The lowest BCUT2D eigenvalue weighted by molar-refractivity contribution is -0.149. The van der Waals surface area contributed by atoms with Crippen molar-refractivity contribution in [1.29, 1.82) is 0 Å². The van der Waals surface area contributed by atoms with Crippen LogP contribution in [0.15, 0.2) is 30.0 Å². The number of carbonyl (C=O) groups excluding carboxylic acids is 1. The molecule has 2 bridgehead atoms. The number of phenolic OH excluding ortho intramolecular Hbond substituents is 1. The van der Waals surface area contributed by atoms with Gasteiger partial charge in [-0.2, -0.15) is 0 Å². The van der Waals surface area contributed by atoms with E-state index in [2.05, 4.69) is 13.8 Å². The molecule has 4 aliphatic rings. The summed E-state index contributed by atoms with van der Waals surface area (Å²) >= 11 is 0. The SMILES string of the molecule is CC1(C)C2CC3(O)CC(=O)C(C4=COc5cc(O)ccc5[C@H]41)[C@@H]2[C@H]3O. The Morgan fingerprint density at radius 3 is 2.80 bits per heavy atom. The molecule has 3 N–H and O–H groups in total. The number of aliphatic hydroxyl groups excluding tert-OH is 1. The fraction of sp³-hybridized carbons (Fsp3) is 0.550. The Morgan fingerprint density at radius 2 is 2.04 bits per heavy atom. The van der Waals surface area contributed by atoms with E-state index < -0.39 is 17.6 Å². The van der Waals surface area contributed by atoms with Crippen molar-refractivity contribution >= 4 is 5.78 Å². The minimum atomic E-state index is -1.30. The quantitative estimate of drug-likeness (QED) is 0.672. The highest BCUT2D eigenvalue weighted by Gasteiger charge is 2.69. The summed E-state index contributed by atoms with van der Waals surface area (Å²) in [5.41, 5.74) is 0.312. The van der Waals surface area contributed by atoms with Gasteiger partial charge in [0.1, 0.15) is 17.3 Å². The molecular weight excluding hydrogens is 320 g/mol. The molecule has 1 aliphatic heterocycles. The van der Waals surface area contributed by atoms with Gasteiger partial charge in [0, 0.05) is 35.8 Å². The van der Waals surface area contributed by atoms with Crippen molar-refractivity contribution in [2.24, 2.45) is 23.2 Å². The summed E-state index contributed by atoms with van der Waals surface area (Å²) in [6.45, 7) is 4.30. The van der Waals surface area contributed by atoms with E-state index in [9.17, 15) is 20.1 Å². The number of ketones is 1. The van der Waals surface area contributed by atoms with Crippen LogP contribution >= 0.6 is 0 Å². The first kappa shape index (κ1) is 15.4. The second kappa shape index (κ2) is 4.46. The van der Waals surface area contributed by atoms with Crippen LogP contribution in [0.3, 0.4) is 0 Å². The number of aliphatic hydroxyl groups is 2. The standard InChI is InChI=1S/C20H22O5/c1-19(2)12-6-20(24)7-13(22)15(16(12)18(20)23)11-8-25-14-5-9(21)3-4-10(14)17(11)19/h3-5,8,12,15-18,21,23-24H,6-7H2,1-2H3/t12?,15?,16-,17-,18-,20?/m1/s1. The lowest BCUT2D eigenvalue weighted by atomic mass is 9.51. The van der Waals surface area contributed by atoms with Gasteiger partial charge in [-0.1, -0.05) is 19.9 Å². The largest absolute Gasteiger partial charge is 0.508 e. The number of allylic oxidation sites excluding steroid dienone is 1. The second-order valence-corrected chi connectivity index (χ2v) is 8.77. The van der Waals surface area contributed by atoms with Gasteiger partial charge >= 0.3 is 0 Å². The zero-order chi connectivity index (χ0) is 17.7. The van der Waals surface area contributed by atoms with Gasteiger partial charge in [0.2, 0.25) is 0 Å². The maximum absolute atomic E-state index is 12.8. The third-order valence-electron chi connectivity index (χ3n) is 7.19. The van der Waals surface area contributed by atoms with Crippen molar-refractivity contribution in [3.63, 3.8) is 0 Å². The summed E-state index contributed by atoms with van der Waals surface area (Å²) in [7, 11) is 0. The normalized spacial score (nSPS) is 43.0. The number of aromatic hydroxyl groups is 1. The molecule has 3 saturated carbocycles. The van der Waals surface area contributed by atoms with Crippen molar-refractivity contribution < 1.29 is 24.9 Å². The first-order chi connectivity index (χ1) is 11.7. The molecule has 3 aliphatic carbocycles. The summed E-state index contributed by atoms with van der Waals surface area (Å²) < 4.78 is 5.76.